The van der Waals surface area contributed by atoms with E-state index >= 15 is 0 Å². The van der Waals surface area contributed by atoms with E-state index in [1.165, 1.54) is 24.6 Å². The summed E-state index contributed by atoms with van der Waals surface area (Å²) in [5, 5.41) is 1.17. The third-order valence-corrected chi connectivity index (χ3v) is 4.66. The zero-order valence-corrected chi connectivity index (χ0v) is 9.80. The van der Waals surface area contributed by atoms with E-state index in [0.717, 1.165) is 23.2 Å². The lowest BCUT2D eigenvalue weighted by Gasteiger charge is -2.10. The highest BCUT2D eigenvalue weighted by atomic mass is 16.3. The Bertz CT molecular complexity index is 516. The van der Waals surface area contributed by atoms with E-state index in [1.54, 1.807) is 0 Å². The third kappa shape index (κ3) is 1.37. The minimum absolute atomic E-state index is 0.109. The van der Waals surface area contributed by atoms with Gasteiger partial charge in [0.2, 0.25) is 0 Å². The molecule has 88 valence electrons. The predicted molar refractivity (Wildman–Crippen MR) is 67.5 cm³/mol. The van der Waals surface area contributed by atoms with Crippen molar-refractivity contribution in [3.8, 4) is 0 Å². The Morgan fingerprint density at radius 3 is 2.71 bits per heavy atom. The van der Waals surface area contributed by atoms with Crippen LogP contribution in [0.15, 0.2) is 34.7 Å². The van der Waals surface area contributed by atoms with Gasteiger partial charge in [-0.15, -0.1) is 0 Å². The molecule has 0 bridgehead atoms. The van der Waals surface area contributed by atoms with E-state index in [0.29, 0.717) is 5.92 Å². The van der Waals surface area contributed by atoms with Crippen LogP contribution < -0.4 is 5.73 Å². The Hall–Kier alpha value is -1.28. The molecule has 1 aromatic heterocycles. The van der Waals surface area contributed by atoms with Crippen LogP contribution in [-0.4, -0.2) is 0 Å². The van der Waals surface area contributed by atoms with Crippen LogP contribution in [0.4, 0.5) is 0 Å². The molecule has 2 N–H and O–H groups in total. The Balaban J connectivity index is 1.65. The summed E-state index contributed by atoms with van der Waals surface area (Å²) in [6.45, 7) is 0. The highest BCUT2D eigenvalue weighted by Crippen LogP contribution is 2.61. The first-order chi connectivity index (χ1) is 8.34. The molecule has 17 heavy (non-hydrogen) atoms. The fraction of sp³-hybridized carbons (Fsp3) is 0.467. The SMILES string of the molecule is NC(c1cc2ccccc2o1)C1C2CCCC21. The van der Waals surface area contributed by atoms with Gasteiger partial charge in [0.25, 0.3) is 0 Å². The van der Waals surface area contributed by atoms with Crippen molar-refractivity contribution < 1.29 is 4.42 Å². The maximum atomic E-state index is 6.36. The molecule has 1 aromatic carbocycles. The summed E-state index contributed by atoms with van der Waals surface area (Å²) in [6, 6.07) is 10.4. The third-order valence-electron chi connectivity index (χ3n) is 4.66. The Labute approximate surface area is 101 Å². The number of hydrogen-bond donors (Lipinski definition) is 1. The molecule has 2 aliphatic carbocycles. The first-order valence-corrected chi connectivity index (χ1v) is 6.58. The first-order valence-electron chi connectivity index (χ1n) is 6.58. The van der Waals surface area contributed by atoms with Crippen molar-refractivity contribution in [1.82, 2.24) is 0 Å². The van der Waals surface area contributed by atoms with E-state index in [9.17, 15) is 0 Å². The molecule has 4 rings (SSSR count). The summed E-state index contributed by atoms with van der Waals surface area (Å²) < 4.78 is 5.87. The summed E-state index contributed by atoms with van der Waals surface area (Å²) in [5.74, 6) is 3.44. The van der Waals surface area contributed by atoms with Crippen LogP contribution in [0.25, 0.3) is 11.0 Å². The van der Waals surface area contributed by atoms with E-state index in [1.807, 2.05) is 18.2 Å². The minimum Gasteiger partial charge on any atom is -0.459 e. The van der Waals surface area contributed by atoms with Gasteiger partial charge in [-0.05, 0) is 42.7 Å². The number of rotatable bonds is 2. The monoisotopic (exact) mass is 227 g/mol. The largest absolute Gasteiger partial charge is 0.459 e. The summed E-state index contributed by atoms with van der Waals surface area (Å²) >= 11 is 0. The summed E-state index contributed by atoms with van der Waals surface area (Å²) in [5.41, 5.74) is 7.32. The van der Waals surface area contributed by atoms with Gasteiger partial charge in [-0.1, -0.05) is 24.6 Å². The number of para-hydroxylation sites is 1. The van der Waals surface area contributed by atoms with Gasteiger partial charge in [0.1, 0.15) is 11.3 Å². The second-order valence-corrected chi connectivity index (χ2v) is 5.55. The fourth-order valence-electron chi connectivity index (χ4n) is 3.77. The smallest absolute Gasteiger partial charge is 0.134 e. The van der Waals surface area contributed by atoms with Crippen LogP contribution in [0, 0.1) is 17.8 Å². The van der Waals surface area contributed by atoms with Crippen molar-refractivity contribution in [2.45, 2.75) is 25.3 Å². The van der Waals surface area contributed by atoms with Crippen LogP contribution in [0.3, 0.4) is 0 Å². The van der Waals surface area contributed by atoms with Gasteiger partial charge < -0.3 is 10.2 Å². The van der Waals surface area contributed by atoms with E-state index < -0.39 is 0 Å². The molecule has 0 aliphatic heterocycles. The highest BCUT2D eigenvalue weighted by Gasteiger charge is 2.55. The van der Waals surface area contributed by atoms with Crippen molar-refractivity contribution in [3.63, 3.8) is 0 Å². The number of fused-ring (bicyclic) bond motifs is 2. The van der Waals surface area contributed by atoms with Crippen molar-refractivity contribution in [2.75, 3.05) is 0 Å². The van der Waals surface area contributed by atoms with Crippen molar-refractivity contribution in [2.24, 2.45) is 23.5 Å². The second-order valence-electron chi connectivity index (χ2n) is 5.55. The average Bonchev–Trinajstić information content (AvgIpc) is 2.77. The maximum Gasteiger partial charge on any atom is 0.134 e. The molecule has 2 nitrogen and oxygen atoms in total. The number of hydrogen-bond acceptors (Lipinski definition) is 2. The quantitative estimate of drug-likeness (QED) is 0.853. The van der Waals surface area contributed by atoms with Gasteiger partial charge >= 0.3 is 0 Å². The van der Waals surface area contributed by atoms with Crippen LogP contribution in [-0.2, 0) is 0 Å². The molecule has 2 heteroatoms. The molecular formula is C15H17NO. The van der Waals surface area contributed by atoms with Gasteiger partial charge in [0.15, 0.2) is 0 Å². The minimum atomic E-state index is 0.109. The molecular weight excluding hydrogens is 210 g/mol. The molecule has 3 unspecified atom stereocenters. The summed E-state index contributed by atoms with van der Waals surface area (Å²) in [6.07, 6.45) is 4.16. The van der Waals surface area contributed by atoms with E-state index in [4.69, 9.17) is 10.2 Å². The molecule has 2 aliphatic rings. The number of benzene rings is 1. The Morgan fingerprint density at radius 1 is 1.18 bits per heavy atom. The highest BCUT2D eigenvalue weighted by molar-refractivity contribution is 5.77. The Kier molecular flexibility index (Phi) is 1.92. The number of furan rings is 1. The van der Waals surface area contributed by atoms with Crippen LogP contribution in [0.1, 0.15) is 31.1 Å². The zero-order valence-electron chi connectivity index (χ0n) is 9.80. The molecule has 0 radical (unpaired) electrons. The lowest BCUT2D eigenvalue weighted by Crippen LogP contribution is -2.14. The fourth-order valence-corrected chi connectivity index (χ4v) is 3.77. The molecule has 0 saturated heterocycles. The molecule has 2 saturated carbocycles. The first kappa shape index (κ1) is 9.72. The molecule has 2 aromatic rings. The molecule has 3 atom stereocenters. The topological polar surface area (TPSA) is 39.2 Å². The maximum absolute atomic E-state index is 6.36. The van der Waals surface area contributed by atoms with Crippen molar-refractivity contribution in [3.05, 3.63) is 36.1 Å². The lowest BCUT2D eigenvalue weighted by atomic mass is 10.0. The van der Waals surface area contributed by atoms with Crippen molar-refractivity contribution >= 4 is 11.0 Å². The van der Waals surface area contributed by atoms with Crippen molar-refractivity contribution in [1.29, 1.82) is 0 Å². The molecule has 1 heterocycles. The normalized spacial score (nSPS) is 32.6. The van der Waals surface area contributed by atoms with E-state index in [-0.39, 0.29) is 6.04 Å². The summed E-state index contributed by atoms with van der Waals surface area (Å²) in [7, 11) is 0. The summed E-state index contributed by atoms with van der Waals surface area (Å²) in [4.78, 5) is 0. The van der Waals surface area contributed by atoms with Crippen LogP contribution in [0.5, 0.6) is 0 Å². The lowest BCUT2D eigenvalue weighted by molar-refractivity contribution is 0.422. The zero-order chi connectivity index (χ0) is 11.4. The average molecular weight is 227 g/mol. The van der Waals surface area contributed by atoms with Gasteiger partial charge in [-0.3, -0.25) is 0 Å². The van der Waals surface area contributed by atoms with Gasteiger partial charge in [0, 0.05) is 5.39 Å². The van der Waals surface area contributed by atoms with E-state index in [2.05, 4.69) is 12.1 Å². The standard InChI is InChI=1S/C15H17NO/c16-15(14-10-5-3-6-11(10)14)13-8-9-4-1-2-7-12(9)17-13/h1-2,4,7-8,10-11,14-15H,3,5-6,16H2. The van der Waals surface area contributed by atoms with Crippen LogP contribution >= 0.6 is 0 Å². The molecule has 2 fully saturated rings. The predicted octanol–water partition coefficient (Wildman–Crippen LogP) is 3.48. The van der Waals surface area contributed by atoms with Gasteiger partial charge in [-0.25, -0.2) is 0 Å². The van der Waals surface area contributed by atoms with Gasteiger partial charge in [-0.2, -0.15) is 0 Å². The molecule has 0 spiro atoms. The second kappa shape index (κ2) is 3.36. The molecule has 0 amide bonds. The number of nitrogens with two attached hydrogens (primary N) is 1. The van der Waals surface area contributed by atoms with Gasteiger partial charge in [0.05, 0.1) is 6.04 Å². The van der Waals surface area contributed by atoms with Crippen LogP contribution in [0.2, 0.25) is 0 Å². The Morgan fingerprint density at radius 2 is 1.94 bits per heavy atom.